The van der Waals surface area contributed by atoms with Gasteiger partial charge in [0.15, 0.2) is 0 Å². The molecule has 2 heterocycles. The summed E-state index contributed by atoms with van der Waals surface area (Å²) in [5.41, 5.74) is 3.77. The van der Waals surface area contributed by atoms with Crippen LogP contribution in [0.4, 0.5) is 5.69 Å². The second kappa shape index (κ2) is 5.88. The average molecular weight is 367 g/mol. The standard InChI is InChI=1S/C22H23ClN2O/c1-15-8-9-19-17(14-15)21(2,3)22(24-20(26)11-13-25(19)22)12-10-16-6-4-5-7-18(16)23/h4-10,12,14H,11,13H2,1-3H3,(H,24,26). The summed E-state index contributed by atoms with van der Waals surface area (Å²) in [6.45, 7) is 7.22. The highest BCUT2D eigenvalue weighted by molar-refractivity contribution is 6.32. The van der Waals surface area contributed by atoms with E-state index in [1.165, 1.54) is 16.8 Å². The maximum atomic E-state index is 12.4. The van der Waals surface area contributed by atoms with Crippen molar-refractivity contribution in [3.8, 4) is 0 Å². The summed E-state index contributed by atoms with van der Waals surface area (Å²) < 4.78 is 0. The number of anilines is 1. The third-order valence-corrected chi connectivity index (χ3v) is 6.14. The molecule has 0 spiro atoms. The van der Waals surface area contributed by atoms with Gasteiger partial charge in [-0.1, -0.05) is 67.4 Å². The van der Waals surface area contributed by atoms with Crippen molar-refractivity contribution >= 4 is 29.3 Å². The summed E-state index contributed by atoms with van der Waals surface area (Å²) in [4.78, 5) is 14.7. The van der Waals surface area contributed by atoms with E-state index in [4.69, 9.17) is 11.6 Å². The minimum Gasteiger partial charge on any atom is -0.344 e. The van der Waals surface area contributed by atoms with Gasteiger partial charge in [0.05, 0.1) is 0 Å². The Kier molecular flexibility index (Phi) is 3.89. The zero-order valence-electron chi connectivity index (χ0n) is 15.3. The lowest BCUT2D eigenvalue weighted by Gasteiger charge is -2.49. The Morgan fingerprint density at radius 2 is 1.96 bits per heavy atom. The van der Waals surface area contributed by atoms with Crippen molar-refractivity contribution < 1.29 is 4.79 Å². The number of hydrogen-bond donors (Lipinski definition) is 1. The van der Waals surface area contributed by atoms with E-state index >= 15 is 0 Å². The summed E-state index contributed by atoms with van der Waals surface area (Å²) in [6.07, 6.45) is 4.65. The van der Waals surface area contributed by atoms with Gasteiger partial charge in [-0.15, -0.1) is 0 Å². The molecule has 1 unspecified atom stereocenters. The number of carbonyl (C=O) groups excluding carboxylic acids is 1. The van der Waals surface area contributed by atoms with E-state index in [2.05, 4.69) is 55.3 Å². The van der Waals surface area contributed by atoms with Crippen LogP contribution in [0, 0.1) is 6.92 Å². The molecule has 1 saturated heterocycles. The molecule has 26 heavy (non-hydrogen) atoms. The van der Waals surface area contributed by atoms with Gasteiger partial charge in [0.1, 0.15) is 5.66 Å². The minimum atomic E-state index is -0.600. The normalized spacial score (nSPS) is 23.7. The van der Waals surface area contributed by atoms with Crippen molar-refractivity contribution in [2.75, 3.05) is 11.4 Å². The number of rotatable bonds is 2. The van der Waals surface area contributed by atoms with Gasteiger partial charge in [0.2, 0.25) is 5.91 Å². The van der Waals surface area contributed by atoms with Crippen LogP contribution in [-0.4, -0.2) is 18.1 Å². The molecule has 0 aromatic heterocycles. The minimum absolute atomic E-state index is 0.0858. The summed E-state index contributed by atoms with van der Waals surface area (Å²) in [5, 5.41) is 4.00. The van der Waals surface area contributed by atoms with Gasteiger partial charge in [0.25, 0.3) is 0 Å². The second-order valence-electron chi connectivity index (χ2n) is 7.72. The maximum Gasteiger partial charge on any atom is 0.223 e. The van der Waals surface area contributed by atoms with E-state index in [1.54, 1.807) is 0 Å². The number of aryl methyl sites for hydroxylation is 1. The molecule has 2 aromatic rings. The van der Waals surface area contributed by atoms with Gasteiger partial charge in [-0.3, -0.25) is 4.79 Å². The molecule has 1 amide bonds. The van der Waals surface area contributed by atoms with Gasteiger partial charge in [0, 0.05) is 29.1 Å². The van der Waals surface area contributed by atoms with E-state index in [0.29, 0.717) is 18.0 Å². The van der Waals surface area contributed by atoms with Gasteiger partial charge < -0.3 is 10.2 Å². The largest absolute Gasteiger partial charge is 0.344 e. The van der Waals surface area contributed by atoms with Crippen molar-refractivity contribution in [3.05, 3.63) is 70.3 Å². The van der Waals surface area contributed by atoms with Gasteiger partial charge in [-0.05, 0) is 36.3 Å². The van der Waals surface area contributed by atoms with Crippen LogP contribution in [0.15, 0.2) is 48.5 Å². The molecule has 4 rings (SSSR count). The number of halogens is 1. The quantitative estimate of drug-likeness (QED) is 0.837. The van der Waals surface area contributed by atoms with Crippen molar-refractivity contribution in [1.82, 2.24) is 5.32 Å². The van der Waals surface area contributed by atoms with Crippen LogP contribution in [0.3, 0.4) is 0 Å². The average Bonchev–Trinajstić information content (AvgIpc) is 2.79. The summed E-state index contributed by atoms with van der Waals surface area (Å²) in [5.74, 6) is 0.0858. The fourth-order valence-electron chi connectivity index (χ4n) is 4.29. The molecule has 0 bridgehead atoms. The Labute approximate surface area is 159 Å². The van der Waals surface area contributed by atoms with Crippen LogP contribution in [0.2, 0.25) is 5.02 Å². The smallest absolute Gasteiger partial charge is 0.223 e. The lowest BCUT2D eigenvalue weighted by Crippen LogP contribution is -2.68. The first kappa shape index (κ1) is 17.2. The Hall–Kier alpha value is -2.26. The van der Waals surface area contributed by atoms with Crippen molar-refractivity contribution in [2.24, 2.45) is 0 Å². The van der Waals surface area contributed by atoms with Crippen LogP contribution in [-0.2, 0) is 10.2 Å². The van der Waals surface area contributed by atoms with Gasteiger partial charge in [-0.25, -0.2) is 0 Å². The third-order valence-electron chi connectivity index (χ3n) is 5.80. The molecule has 3 nitrogen and oxygen atoms in total. The predicted molar refractivity (Wildman–Crippen MR) is 108 cm³/mol. The Balaban J connectivity index is 1.88. The number of hydrogen-bond acceptors (Lipinski definition) is 2. The number of nitrogens with one attached hydrogen (secondary N) is 1. The molecule has 0 saturated carbocycles. The third kappa shape index (κ3) is 2.38. The number of fused-ring (bicyclic) bond motifs is 3. The second-order valence-corrected chi connectivity index (χ2v) is 8.12. The van der Waals surface area contributed by atoms with E-state index < -0.39 is 5.66 Å². The van der Waals surface area contributed by atoms with E-state index in [9.17, 15) is 4.79 Å². The van der Waals surface area contributed by atoms with E-state index in [0.717, 1.165) is 5.56 Å². The molecule has 1 N–H and O–H groups in total. The van der Waals surface area contributed by atoms with Crippen LogP contribution < -0.4 is 10.2 Å². The number of carbonyl (C=O) groups is 1. The number of amides is 1. The van der Waals surface area contributed by atoms with Crippen molar-refractivity contribution in [1.29, 1.82) is 0 Å². The molecule has 0 aliphatic carbocycles. The van der Waals surface area contributed by atoms with Crippen molar-refractivity contribution in [2.45, 2.75) is 38.3 Å². The van der Waals surface area contributed by atoms with Gasteiger partial charge in [-0.2, -0.15) is 0 Å². The molecule has 2 aliphatic rings. The molecule has 2 aromatic carbocycles. The highest BCUT2D eigenvalue weighted by Crippen LogP contribution is 2.52. The summed E-state index contributed by atoms with van der Waals surface area (Å²) in [7, 11) is 0. The molecule has 1 atom stereocenters. The first-order chi connectivity index (χ1) is 12.3. The lowest BCUT2D eigenvalue weighted by molar-refractivity contribution is -0.124. The molecule has 1 fully saturated rings. The molecule has 2 aliphatic heterocycles. The Morgan fingerprint density at radius 1 is 1.19 bits per heavy atom. The van der Waals surface area contributed by atoms with Crippen LogP contribution in [0.1, 0.15) is 37.0 Å². The monoisotopic (exact) mass is 366 g/mol. The SMILES string of the molecule is Cc1ccc2c(c1)C(C)(C)C1(C=Cc3ccccc3Cl)NC(=O)CCN21. The molecule has 4 heteroatoms. The predicted octanol–water partition coefficient (Wildman–Crippen LogP) is 4.68. The summed E-state index contributed by atoms with van der Waals surface area (Å²) >= 11 is 6.34. The first-order valence-corrected chi connectivity index (χ1v) is 9.36. The molecule has 0 radical (unpaired) electrons. The van der Waals surface area contributed by atoms with Crippen LogP contribution >= 0.6 is 11.6 Å². The molecular formula is C22H23ClN2O. The molecule has 134 valence electrons. The van der Waals surface area contributed by atoms with E-state index in [1.807, 2.05) is 30.3 Å². The zero-order chi connectivity index (χ0) is 18.5. The van der Waals surface area contributed by atoms with E-state index in [-0.39, 0.29) is 11.3 Å². The summed E-state index contributed by atoms with van der Waals surface area (Å²) in [6, 6.07) is 14.3. The topological polar surface area (TPSA) is 32.3 Å². The maximum absolute atomic E-state index is 12.4. The van der Waals surface area contributed by atoms with Crippen LogP contribution in [0.25, 0.3) is 6.08 Å². The Morgan fingerprint density at radius 3 is 2.73 bits per heavy atom. The zero-order valence-corrected chi connectivity index (χ0v) is 16.1. The molecular weight excluding hydrogens is 344 g/mol. The fourth-order valence-corrected chi connectivity index (χ4v) is 4.49. The number of nitrogens with zero attached hydrogens (tertiary/aromatic N) is 1. The lowest BCUT2D eigenvalue weighted by atomic mass is 9.74. The van der Waals surface area contributed by atoms with Crippen LogP contribution in [0.5, 0.6) is 0 Å². The highest BCUT2D eigenvalue weighted by Gasteiger charge is 2.57. The number of benzene rings is 2. The van der Waals surface area contributed by atoms with Gasteiger partial charge >= 0.3 is 0 Å². The highest BCUT2D eigenvalue weighted by atomic mass is 35.5. The fraction of sp³-hybridized carbons (Fsp3) is 0.318. The first-order valence-electron chi connectivity index (χ1n) is 8.99. The Bertz CT molecular complexity index is 918. The van der Waals surface area contributed by atoms with Crippen molar-refractivity contribution in [3.63, 3.8) is 0 Å².